The molecule has 1 fully saturated rings. The van der Waals surface area contributed by atoms with E-state index in [0.29, 0.717) is 49.8 Å². The van der Waals surface area contributed by atoms with Crippen LogP contribution in [0.4, 0.5) is 11.4 Å². The van der Waals surface area contributed by atoms with Crippen LogP contribution in [-0.2, 0) is 11.3 Å². The Morgan fingerprint density at radius 2 is 1.92 bits per heavy atom. The summed E-state index contributed by atoms with van der Waals surface area (Å²) in [5.41, 5.74) is 2.32. The number of morpholine rings is 1. The van der Waals surface area contributed by atoms with Gasteiger partial charge in [-0.05, 0) is 26.0 Å². The number of benzene rings is 1. The molecule has 1 aromatic carbocycles. The van der Waals surface area contributed by atoms with Crippen LogP contribution in [0.15, 0.2) is 35.3 Å². The van der Waals surface area contributed by atoms with E-state index in [-0.39, 0.29) is 11.5 Å². The molecule has 0 saturated carbocycles. The number of carbonyl (C=O) groups excluding carboxylic acids is 1. The zero-order valence-electron chi connectivity index (χ0n) is 14.5. The van der Waals surface area contributed by atoms with E-state index in [4.69, 9.17) is 4.74 Å². The molecule has 7 heteroatoms. The number of nitrogens with one attached hydrogen (secondary N) is 1. The molecule has 2 aromatic rings. The van der Waals surface area contributed by atoms with Crippen molar-refractivity contribution in [3.05, 3.63) is 51.9 Å². The molecular weight excluding hydrogens is 320 g/mol. The molecule has 3 rings (SSSR count). The highest BCUT2D eigenvalue weighted by molar-refractivity contribution is 6.05. The molecule has 0 bridgehead atoms. The first kappa shape index (κ1) is 17.2. The van der Waals surface area contributed by atoms with Crippen molar-refractivity contribution in [2.75, 3.05) is 36.5 Å². The van der Waals surface area contributed by atoms with Crippen molar-refractivity contribution in [1.29, 1.82) is 0 Å². The highest BCUT2D eigenvalue weighted by Crippen LogP contribution is 2.22. The van der Waals surface area contributed by atoms with Crippen molar-refractivity contribution < 1.29 is 9.53 Å². The number of aryl methyl sites for hydroxylation is 2. The van der Waals surface area contributed by atoms with Crippen molar-refractivity contribution in [2.24, 2.45) is 0 Å². The average molecular weight is 342 g/mol. The fraction of sp³-hybridized carbons (Fsp3) is 0.389. The Kier molecular flexibility index (Phi) is 5.14. The first-order chi connectivity index (χ1) is 12.1. The summed E-state index contributed by atoms with van der Waals surface area (Å²) in [5, 5.41) is 6.98. The topological polar surface area (TPSA) is 76.5 Å². The molecule has 0 radical (unpaired) electrons. The van der Waals surface area contributed by atoms with Crippen LogP contribution < -0.4 is 15.8 Å². The van der Waals surface area contributed by atoms with Gasteiger partial charge in [0.1, 0.15) is 5.69 Å². The summed E-state index contributed by atoms with van der Waals surface area (Å²) in [6.07, 6.45) is 1.54. The fourth-order valence-corrected chi connectivity index (χ4v) is 2.79. The van der Waals surface area contributed by atoms with E-state index < -0.39 is 0 Å². The summed E-state index contributed by atoms with van der Waals surface area (Å²) in [7, 11) is 0. The normalized spacial score (nSPS) is 14.4. The van der Waals surface area contributed by atoms with Crippen LogP contribution in [0.5, 0.6) is 0 Å². The van der Waals surface area contributed by atoms with Crippen LogP contribution in [0.3, 0.4) is 0 Å². The molecule has 0 atom stereocenters. The molecule has 1 aliphatic rings. The molecule has 25 heavy (non-hydrogen) atoms. The third-order valence-corrected chi connectivity index (χ3v) is 4.21. The van der Waals surface area contributed by atoms with Gasteiger partial charge in [-0.15, -0.1) is 0 Å². The minimum Gasteiger partial charge on any atom is -0.378 e. The Morgan fingerprint density at radius 1 is 1.24 bits per heavy atom. The van der Waals surface area contributed by atoms with Gasteiger partial charge in [-0.25, -0.2) is 4.68 Å². The molecule has 2 heterocycles. The Labute approximate surface area is 146 Å². The number of hydrogen-bond acceptors (Lipinski definition) is 5. The fourth-order valence-electron chi connectivity index (χ4n) is 2.79. The second-order valence-corrected chi connectivity index (χ2v) is 5.95. The molecule has 7 nitrogen and oxygen atoms in total. The van der Waals surface area contributed by atoms with Gasteiger partial charge in [0.25, 0.3) is 11.5 Å². The smallest absolute Gasteiger partial charge is 0.292 e. The van der Waals surface area contributed by atoms with Gasteiger partial charge in [0.2, 0.25) is 0 Å². The van der Waals surface area contributed by atoms with Crippen LogP contribution in [-0.4, -0.2) is 42.0 Å². The molecule has 132 valence electrons. The minimum atomic E-state index is -0.259. The summed E-state index contributed by atoms with van der Waals surface area (Å²) in [5.74, 6) is -0.259. The van der Waals surface area contributed by atoms with Gasteiger partial charge in [-0.3, -0.25) is 9.59 Å². The van der Waals surface area contributed by atoms with Crippen LogP contribution >= 0.6 is 0 Å². The molecule has 1 saturated heterocycles. The monoisotopic (exact) mass is 342 g/mol. The first-order valence-corrected chi connectivity index (χ1v) is 8.41. The summed E-state index contributed by atoms with van der Waals surface area (Å²) in [6, 6.07) is 7.29. The lowest BCUT2D eigenvalue weighted by Gasteiger charge is -2.29. The number of anilines is 2. The maximum absolute atomic E-state index is 12.7. The third-order valence-electron chi connectivity index (χ3n) is 4.21. The number of hydrogen-bond donors (Lipinski definition) is 1. The molecule has 1 amide bonds. The van der Waals surface area contributed by atoms with Gasteiger partial charge >= 0.3 is 0 Å². The van der Waals surface area contributed by atoms with Crippen LogP contribution in [0.1, 0.15) is 22.8 Å². The number of nitrogens with zero attached hydrogens (tertiary/aromatic N) is 3. The molecule has 0 unspecified atom stereocenters. The van der Waals surface area contributed by atoms with Crippen LogP contribution in [0.25, 0.3) is 0 Å². The highest BCUT2D eigenvalue weighted by atomic mass is 16.5. The van der Waals surface area contributed by atoms with Crippen molar-refractivity contribution in [3.63, 3.8) is 0 Å². The van der Waals surface area contributed by atoms with E-state index in [2.05, 4.69) is 10.4 Å². The number of amides is 1. The second kappa shape index (κ2) is 7.48. The maximum Gasteiger partial charge on any atom is 0.292 e. The van der Waals surface area contributed by atoms with Crippen LogP contribution in [0.2, 0.25) is 0 Å². The second-order valence-electron chi connectivity index (χ2n) is 5.95. The van der Waals surface area contributed by atoms with Crippen LogP contribution in [0, 0.1) is 6.92 Å². The van der Waals surface area contributed by atoms with Gasteiger partial charge in [0, 0.05) is 25.2 Å². The zero-order chi connectivity index (χ0) is 17.8. The molecule has 1 aromatic heterocycles. The van der Waals surface area contributed by atoms with Crippen molar-refractivity contribution in [3.8, 4) is 0 Å². The van der Waals surface area contributed by atoms with E-state index in [1.54, 1.807) is 18.3 Å². The highest BCUT2D eigenvalue weighted by Gasteiger charge is 2.21. The molecule has 0 spiro atoms. The van der Waals surface area contributed by atoms with Gasteiger partial charge < -0.3 is 15.0 Å². The van der Waals surface area contributed by atoms with E-state index in [9.17, 15) is 9.59 Å². The Balaban J connectivity index is 1.94. The molecule has 0 aliphatic carbocycles. The summed E-state index contributed by atoms with van der Waals surface area (Å²) >= 11 is 0. The molecule has 1 N–H and O–H groups in total. The summed E-state index contributed by atoms with van der Waals surface area (Å²) in [6.45, 7) is 6.63. The van der Waals surface area contributed by atoms with Gasteiger partial charge in [0.15, 0.2) is 0 Å². The maximum atomic E-state index is 12.7. The van der Waals surface area contributed by atoms with Gasteiger partial charge in [-0.2, -0.15) is 5.10 Å². The summed E-state index contributed by atoms with van der Waals surface area (Å²) < 4.78 is 6.76. The van der Waals surface area contributed by atoms with E-state index in [1.807, 2.05) is 30.9 Å². The van der Waals surface area contributed by atoms with E-state index in [0.717, 1.165) is 5.56 Å². The Morgan fingerprint density at radius 3 is 2.56 bits per heavy atom. The SMILES string of the molecule is CCn1ncc(NC(=O)c2ccc(C)cc2)c(N2CCOCC2)c1=O. The lowest BCUT2D eigenvalue weighted by molar-refractivity contribution is 0.102. The van der Waals surface area contributed by atoms with Gasteiger partial charge in [-0.1, -0.05) is 17.7 Å². The van der Waals surface area contributed by atoms with Crippen molar-refractivity contribution in [1.82, 2.24) is 9.78 Å². The first-order valence-electron chi connectivity index (χ1n) is 8.41. The number of carbonyl (C=O) groups is 1. The Hall–Kier alpha value is -2.67. The molecular formula is C18H22N4O3. The Bertz CT molecular complexity index is 808. The largest absolute Gasteiger partial charge is 0.378 e. The van der Waals surface area contributed by atoms with Gasteiger partial charge in [0.05, 0.1) is 25.1 Å². The number of ether oxygens (including phenoxy) is 1. The number of aromatic nitrogens is 2. The predicted octanol–water partition coefficient (Wildman–Crippen LogP) is 1.66. The minimum absolute atomic E-state index is 0.203. The van der Waals surface area contributed by atoms with Crippen molar-refractivity contribution >= 4 is 17.3 Å². The summed E-state index contributed by atoms with van der Waals surface area (Å²) in [4.78, 5) is 27.2. The quantitative estimate of drug-likeness (QED) is 0.914. The van der Waals surface area contributed by atoms with E-state index in [1.165, 1.54) is 4.68 Å². The van der Waals surface area contributed by atoms with E-state index >= 15 is 0 Å². The standard InChI is InChI=1S/C18H22N4O3/c1-3-22-18(24)16(21-8-10-25-11-9-21)15(12-19-22)20-17(23)14-6-4-13(2)5-7-14/h4-7,12H,3,8-11H2,1-2H3,(H,20,23). The predicted molar refractivity (Wildman–Crippen MR) is 96.3 cm³/mol. The lowest BCUT2D eigenvalue weighted by Crippen LogP contribution is -2.41. The average Bonchev–Trinajstić information content (AvgIpc) is 2.63. The third kappa shape index (κ3) is 3.71. The van der Waals surface area contributed by atoms with Crippen molar-refractivity contribution in [2.45, 2.75) is 20.4 Å². The lowest BCUT2D eigenvalue weighted by atomic mass is 10.1. The molecule has 1 aliphatic heterocycles. The zero-order valence-corrected chi connectivity index (χ0v) is 14.5. The number of rotatable bonds is 4.